The number of aryl methyl sites for hydroxylation is 1. The van der Waals surface area contributed by atoms with Crippen LogP contribution < -0.4 is 16.7 Å². The summed E-state index contributed by atoms with van der Waals surface area (Å²) in [6.45, 7) is 0.484. The number of para-hydroxylation sites is 2. The van der Waals surface area contributed by atoms with Crippen molar-refractivity contribution in [2.45, 2.75) is 44.7 Å². The van der Waals surface area contributed by atoms with Crippen molar-refractivity contribution >= 4 is 28.5 Å². The van der Waals surface area contributed by atoms with E-state index in [1.807, 2.05) is 24.3 Å². The molecule has 1 aliphatic carbocycles. The lowest BCUT2D eigenvalue weighted by Gasteiger charge is -2.29. The van der Waals surface area contributed by atoms with E-state index < -0.39 is 18.0 Å². The van der Waals surface area contributed by atoms with Gasteiger partial charge in [-0.3, -0.25) is 18.9 Å². The molecule has 0 aliphatic heterocycles. The summed E-state index contributed by atoms with van der Waals surface area (Å²) in [4.78, 5) is 47.0. The van der Waals surface area contributed by atoms with Gasteiger partial charge in [-0.05, 0) is 61.9 Å². The molecule has 1 aromatic carbocycles. The summed E-state index contributed by atoms with van der Waals surface area (Å²) in [5.41, 5.74) is 0.855. The second-order valence-electron chi connectivity index (χ2n) is 10.7. The zero-order chi connectivity index (χ0) is 30.2. The first-order valence-corrected chi connectivity index (χ1v) is 14.2. The molecule has 43 heavy (non-hydrogen) atoms. The minimum Gasteiger partial charge on any atom is -0.349 e. The third-order valence-corrected chi connectivity index (χ3v) is 8.19. The van der Waals surface area contributed by atoms with E-state index in [2.05, 4.69) is 15.3 Å². The van der Waals surface area contributed by atoms with Gasteiger partial charge in [0.1, 0.15) is 11.5 Å². The minimum atomic E-state index is -2.89. The fourth-order valence-corrected chi connectivity index (χ4v) is 5.89. The van der Waals surface area contributed by atoms with Crippen molar-refractivity contribution in [1.29, 1.82) is 0 Å². The Bertz CT molecular complexity index is 1920. The third kappa shape index (κ3) is 5.50. The Morgan fingerprint density at radius 2 is 1.74 bits per heavy atom. The fraction of sp³-hybridized carbons (Fsp3) is 0.300. The quantitative estimate of drug-likeness (QED) is 0.290. The summed E-state index contributed by atoms with van der Waals surface area (Å²) < 4.78 is 33.0. The maximum atomic E-state index is 13.7. The standard InChI is InChI=1S/C30H28ClF2N7O3/c1-37-12-13-38(29(37)42)21-10-11-25(34-16-21)40-24-5-3-2-4-23(24)39(30(40)43)17-18-6-8-20(9-7-18)36-28(41)22-14-19(31)15-35-26(22)27(32)33/h2-5,10-16,18,20,27H,6-9,17H2,1H3,(H,36,41). The molecule has 0 unspecified atom stereocenters. The number of rotatable bonds is 7. The number of hydrogen-bond acceptors (Lipinski definition) is 5. The molecule has 0 atom stereocenters. The molecule has 1 aliphatic rings. The highest BCUT2D eigenvalue weighted by Gasteiger charge is 2.27. The number of carbonyl (C=O) groups is 1. The Morgan fingerprint density at radius 3 is 2.40 bits per heavy atom. The van der Waals surface area contributed by atoms with Crippen molar-refractivity contribution in [2.24, 2.45) is 13.0 Å². The van der Waals surface area contributed by atoms with Crippen LogP contribution in [0.5, 0.6) is 0 Å². The number of carbonyl (C=O) groups excluding carboxylic acids is 1. The Kier molecular flexibility index (Phi) is 7.70. The van der Waals surface area contributed by atoms with E-state index in [1.54, 1.807) is 46.9 Å². The summed E-state index contributed by atoms with van der Waals surface area (Å²) in [5, 5.41) is 2.97. The molecule has 0 spiro atoms. The smallest absolute Gasteiger partial charge is 0.334 e. The van der Waals surface area contributed by atoms with E-state index in [4.69, 9.17) is 11.6 Å². The van der Waals surface area contributed by atoms with Crippen molar-refractivity contribution < 1.29 is 13.6 Å². The number of nitrogens with one attached hydrogen (secondary N) is 1. The van der Waals surface area contributed by atoms with E-state index in [9.17, 15) is 23.2 Å². The molecule has 1 saturated carbocycles. The van der Waals surface area contributed by atoms with Gasteiger partial charge in [-0.25, -0.2) is 27.9 Å². The molecule has 10 nitrogen and oxygen atoms in total. The van der Waals surface area contributed by atoms with E-state index in [1.165, 1.54) is 15.2 Å². The number of benzene rings is 1. The highest BCUT2D eigenvalue weighted by atomic mass is 35.5. The van der Waals surface area contributed by atoms with Gasteiger partial charge in [0.25, 0.3) is 12.3 Å². The van der Waals surface area contributed by atoms with Gasteiger partial charge in [0.2, 0.25) is 0 Å². The summed E-state index contributed by atoms with van der Waals surface area (Å²) in [6, 6.07) is 12.0. The molecule has 222 valence electrons. The molecular formula is C30H28ClF2N7O3. The second kappa shape index (κ2) is 11.6. The maximum absolute atomic E-state index is 13.7. The molecule has 5 aromatic rings. The number of alkyl halides is 2. The van der Waals surface area contributed by atoms with Crippen LogP contribution in [0.25, 0.3) is 22.5 Å². The van der Waals surface area contributed by atoms with Crippen LogP contribution >= 0.6 is 11.6 Å². The van der Waals surface area contributed by atoms with Crippen LogP contribution in [0, 0.1) is 5.92 Å². The minimum absolute atomic E-state index is 0.112. The Hall–Kier alpha value is -4.58. The summed E-state index contributed by atoms with van der Waals surface area (Å²) >= 11 is 5.90. The predicted molar refractivity (Wildman–Crippen MR) is 157 cm³/mol. The highest BCUT2D eigenvalue weighted by Crippen LogP contribution is 2.29. The third-order valence-electron chi connectivity index (χ3n) is 7.98. The number of hydrogen-bond donors (Lipinski definition) is 1. The number of amides is 1. The Labute approximate surface area is 249 Å². The highest BCUT2D eigenvalue weighted by molar-refractivity contribution is 6.30. The van der Waals surface area contributed by atoms with Crippen molar-refractivity contribution in [3.8, 4) is 11.5 Å². The van der Waals surface area contributed by atoms with Crippen molar-refractivity contribution in [2.75, 3.05) is 0 Å². The van der Waals surface area contributed by atoms with Crippen molar-refractivity contribution in [1.82, 2.24) is 33.6 Å². The largest absolute Gasteiger partial charge is 0.349 e. The molecule has 0 radical (unpaired) electrons. The van der Waals surface area contributed by atoms with Gasteiger partial charge in [0.05, 0.1) is 33.5 Å². The molecular weight excluding hydrogens is 580 g/mol. The van der Waals surface area contributed by atoms with Crippen molar-refractivity contribution in [3.05, 3.63) is 105 Å². The van der Waals surface area contributed by atoms with Gasteiger partial charge in [0, 0.05) is 38.2 Å². The van der Waals surface area contributed by atoms with Crippen LogP contribution in [0.15, 0.2) is 76.8 Å². The van der Waals surface area contributed by atoms with E-state index in [0.717, 1.165) is 30.1 Å². The van der Waals surface area contributed by atoms with Gasteiger partial charge >= 0.3 is 11.4 Å². The van der Waals surface area contributed by atoms with Gasteiger partial charge in [-0.1, -0.05) is 23.7 Å². The van der Waals surface area contributed by atoms with Crippen LogP contribution in [0.3, 0.4) is 0 Å². The fourth-order valence-electron chi connectivity index (χ4n) is 5.74. The Morgan fingerprint density at radius 1 is 1.00 bits per heavy atom. The molecule has 0 saturated heterocycles. The van der Waals surface area contributed by atoms with Crippen LogP contribution in [-0.4, -0.2) is 40.2 Å². The second-order valence-corrected chi connectivity index (χ2v) is 11.2. The SMILES string of the molecule is Cn1ccn(-c2ccc(-n3c(=O)n(CC4CCC(NC(=O)c5cc(Cl)cnc5C(F)F)CC4)c4ccccc43)nc2)c1=O. The lowest BCUT2D eigenvalue weighted by atomic mass is 9.85. The molecule has 6 rings (SSSR count). The van der Waals surface area contributed by atoms with E-state index >= 15 is 0 Å². The molecule has 13 heteroatoms. The van der Waals surface area contributed by atoms with Gasteiger partial charge < -0.3 is 9.88 Å². The van der Waals surface area contributed by atoms with Crippen LogP contribution in [0.1, 0.15) is 48.2 Å². The van der Waals surface area contributed by atoms with Crippen LogP contribution in [0.4, 0.5) is 8.78 Å². The molecule has 1 N–H and O–H groups in total. The van der Waals surface area contributed by atoms with Gasteiger partial charge in [-0.2, -0.15) is 0 Å². The maximum Gasteiger partial charge on any atom is 0.334 e. The van der Waals surface area contributed by atoms with Gasteiger partial charge in [0.15, 0.2) is 0 Å². The monoisotopic (exact) mass is 607 g/mol. The first-order valence-electron chi connectivity index (χ1n) is 13.9. The zero-order valence-corrected chi connectivity index (χ0v) is 23.9. The number of aromatic nitrogens is 6. The average Bonchev–Trinajstić information content (AvgIpc) is 3.48. The summed E-state index contributed by atoms with van der Waals surface area (Å²) in [5.74, 6) is -0.00340. The molecule has 0 bridgehead atoms. The number of pyridine rings is 2. The summed E-state index contributed by atoms with van der Waals surface area (Å²) in [7, 11) is 1.67. The number of imidazole rings is 2. The first-order chi connectivity index (χ1) is 20.7. The topological polar surface area (TPSA) is 109 Å². The number of halogens is 3. The molecule has 4 aromatic heterocycles. The lowest BCUT2D eigenvalue weighted by Crippen LogP contribution is -2.39. The van der Waals surface area contributed by atoms with E-state index in [-0.39, 0.29) is 33.9 Å². The molecule has 4 heterocycles. The van der Waals surface area contributed by atoms with Crippen molar-refractivity contribution in [3.63, 3.8) is 0 Å². The molecule has 1 fully saturated rings. The first kappa shape index (κ1) is 28.5. The van der Waals surface area contributed by atoms with E-state index in [0.29, 0.717) is 30.9 Å². The normalized spacial score (nSPS) is 17.0. The predicted octanol–water partition coefficient (Wildman–Crippen LogP) is 4.65. The zero-order valence-electron chi connectivity index (χ0n) is 23.2. The van der Waals surface area contributed by atoms with Gasteiger partial charge in [-0.15, -0.1) is 0 Å². The van der Waals surface area contributed by atoms with Crippen LogP contribution in [-0.2, 0) is 13.6 Å². The Balaban J connectivity index is 1.18. The number of fused-ring (bicyclic) bond motifs is 1. The number of nitrogens with zero attached hydrogens (tertiary/aromatic N) is 6. The lowest BCUT2D eigenvalue weighted by molar-refractivity contribution is 0.0904. The molecule has 1 amide bonds. The van der Waals surface area contributed by atoms with Crippen LogP contribution in [0.2, 0.25) is 5.02 Å². The summed E-state index contributed by atoms with van der Waals surface area (Å²) in [6.07, 6.45) is 5.86. The average molecular weight is 608 g/mol.